The van der Waals surface area contributed by atoms with Crippen molar-refractivity contribution in [3.05, 3.63) is 43.2 Å². The molecule has 5 nitrogen and oxygen atoms in total. The quantitative estimate of drug-likeness (QED) is 0.557. The Kier molecular flexibility index (Phi) is 5.78. The van der Waals surface area contributed by atoms with Crippen LogP contribution in [0.3, 0.4) is 0 Å². The van der Waals surface area contributed by atoms with Crippen LogP contribution >= 0.6 is 22.6 Å². The largest absolute Gasteiger partial charge is 0.462 e. The van der Waals surface area contributed by atoms with Crippen molar-refractivity contribution in [1.29, 1.82) is 0 Å². The number of aromatic amines is 1. The summed E-state index contributed by atoms with van der Waals surface area (Å²) in [7, 11) is 0. The fourth-order valence-electron chi connectivity index (χ4n) is 3.48. The Morgan fingerprint density at radius 1 is 1.40 bits per heavy atom. The van der Waals surface area contributed by atoms with Gasteiger partial charge in [0.05, 0.1) is 6.61 Å². The molecule has 0 spiro atoms. The van der Waals surface area contributed by atoms with E-state index in [0.29, 0.717) is 11.3 Å². The van der Waals surface area contributed by atoms with Crippen LogP contribution in [0.1, 0.15) is 36.2 Å². The molecule has 0 saturated carbocycles. The number of carbonyl (C=O) groups is 1. The van der Waals surface area contributed by atoms with E-state index in [1.54, 1.807) is 6.92 Å². The summed E-state index contributed by atoms with van der Waals surface area (Å²) in [5.41, 5.74) is 1.83. The van der Waals surface area contributed by atoms with E-state index in [1.165, 1.54) is 24.7 Å². The number of esters is 1. The van der Waals surface area contributed by atoms with Gasteiger partial charge in [0, 0.05) is 27.2 Å². The van der Waals surface area contributed by atoms with Crippen molar-refractivity contribution < 1.29 is 9.53 Å². The topological polar surface area (TPSA) is 62.4 Å². The maximum Gasteiger partial charge on any atom is 0.343 e. The van der Waals surface area contributed by atoms with Gasteiger partial charge in [-0.05, 0) is 79.1 Å². The summed E-state index contributed by atoms with van der Waals surface area (Å²) in [6, 6.07) is 3.95. The van der Waals surface area contributed by atoms with Gasteiger partial charge in [0.2, 0.25) is 5.43 Å². The molecule has 2 aromatic rings. The van der Waals surface area contributed by atoms with Crippen LogP contribution in [-0.2, 0) is 11.2 Å². The molecule has 2 heterocycles. The van der Waals surface area contributed by atoms with E-state index < -0.39 is 5.97 Å². The number of pyridine rings is 1. The number of ether oxygens (including phenoxy) is 1. The van der Waals surface area contributed by atoms with Crippen LogP contribution in [0.4, 0.5) is 0 Å². The lowest BCUT2D eigenvalue weighted by Gasteiger charge is -2.14. The number of rotatable bonds is 5. The Labute approximate surface area is 160 Å². The predicted molar refractivity (Wildman–Crippen MR) is 107 cm³/mol. The molecule has 0 bridgehead atoms. The van der Waals surface area contributed by atoms with E-state index in [9.17, 15) is 9.59 Å². The van der Waals surface area contributed by atoms with Crippen LogP contribution in [0, 0.1) is 9.49 Å². The number of benzene rings is 1. The molecule has 1 aliphatic heterocycles. The minimum Gasteiger partial charge on any atom is -0.462 e. The van der Waals surface area contributed by atoms with E-state index in [4.69, 9.17) is 4.74 Å². The minimum absolute atomic E-state index is 0.0623. The van der Waals surface area contributed by atoms with Crippen molar-refractivity contribution in [2.24, 2.45) is 5.92 Å². The molecular weight excluding hydrogens is 431 g/mol. The monoisotopic (exact) mass is 454 g/mol. The highest BCUT2D eigenvalue weighted by molar-refractivity contribution is 14.1. The minimum atomic E-state index is -0.574. The van der Waals surface area contributed by atoms with Gasteiger partial charge >= 0.3 is 5.97 Å². The Morgan fingerprint density at radius 3 is 2.88 bits per heavy atom. The lowest BCUT2D eigenvalue weighted by molar-refractivity contribution is 0.0524. The maximum atomic E-state index is 12.6. The van der Waals surface area contributed by atoms with Crippen LogP contribution in [0.15, 0.2) is 23.1 Å². The lowest BCUT2D eigenvalue weighted by atomic mass is 9.97. The van der Waals surface area contributed by atoms with Gasteiger partial charge in [0.15, 0.2) is 0 Å². The molecular formula is C19H23IN2O3. The number of nitrogens with one attached hydrogen (secondary N) is 1. The molecule has 1 fully saturated rings. The Hall–Kier alpha value is -1.41. The fourth-order valence-corrected chi connectivity index (χ4v) is 4.17. The van der Waals surface area contributed by atoms with Crippen LogP contribution < -0.4 is 5.43 Å². The van der Waals surface area contributed by atoms with Gasteiger partial charge in [-0.15, -0.1) is 0 Å². The van der Waals surface area contributed by atoms with Crippen molar-refractivity contribution in [2.45, 2.75) is 26.7 Å². The first kappa shape index (κ1) is 18.4. The van der Waals surface area contributed by atoms with Crippen LogP contribution in [0.2, 0.25) is 0 Å². The van der Waals surface area contributed by atoms with Gasteiger partial charge in [-0.3, -0.25) is 4.79 Å². The molecule has 1 aromatic carbocycles. The number of hydrogen-bond acceptors (Lipinski definition) is 4. The molecule has 1 aliphatic rings. The molecule has 0 amide bonds. The highest BCUT2D eigenvalue weighted by Gasteiger charge is 2.22. The average Bonchev–Trinajstić information content (AvgIpc) is 3.04. The van der Waals surface area contributed by atoms with Crippen LogP contribution in [0.5, 0.6) is 0 Å². The normalized spacial score (nSPS) is 18.0. The maximum absolute atomic E-state index is 12.6. The smallest absolute Gasteiger partial charge is 0.343 e. The van der Waals surface area contributed by atoms with Gasteiger partial charge in [-0.1, -0.05) is 6.92 Å². The molecule has 6 heteroatoms. The standard InChI is InChI=1S/C19H23IN2O3/c1-3-22-6-5-12(11-22)7-13-8-17-14(9-16(13)20)18(23)15(10-21-17)19(24)25-4-2/h8-10,12H,3-7,11H2,1-2H3,(H,21,23). The van der Waals surface area contributed by atoms with Crippen molar-refractivity contribution >= 4 is 39.5 Å². The Bertz CT molecular complexity index is 846. The summed E-state index contributed by atoms with van der Waals surface area (Å²) in [5.74, 6) is 0.0896. The Balaban J connectivity index is 1.91. The number of carbonyl (C=O) groups excluding carboxylic acids is 1. The summed E-state index contributed by atoms with van der Waals surface area (Å²) in [6.07, 6.45) is 3.71. The summed E-state index contributed by atoms with van der Waals surface area (Å²) in [6.45, 7) is 7.60. The van der Waals surface area contributed by atoms with E-state index >= 15 is 0 Å². The lowest BCUT2D eigenvalue weighted by Crippen LogP contribution is -2.20. The zero-order valence-corrected chi connectivity index (χ0v) is 16.8. The highest BCUT2D eigenvalue weighted by atomic mass is 127. The first-order valence-electron chi connectivity index (χ1n) is 8.76. The second kappa shape index (κ2) is 7.86. The van der Waals surface area contributed by atoms with Crippen molar-refractivity contribution in [1.82, 2.24) is 9.88 Å². The SMILES string of the molecule is CCOC(=O)c1c[nH]c2cc(CC3CCN(CC)C3)c(I)cc2c1=O. The number of H-pyrrole nitrogens is 1. The number of aromatic nitrogens is 1. The second-order valence-electron chi connectivity index (χ2n) is 6.49. The zero-order chi connectivity index (χ0) is 18.0. The molecule has 3 rings (SSSR count). The first-order valence-corrected chi connectivity index (χ1v) is 9.84. The average molecular weight is 454 g/mol. The number of nitrogens with zero attached hydrogens (tertiary/aromatic N) is 1. The van der Waals surface area contributed by atoms with Gasteiger partial charge in [0.25, 0.3) is 0 Å². The zero-order valence-electron chi connectivity index (χ0n) is 14.6. The molecule has 0 aliphatic carbocycles. The van der Waals surface area contributed by atoms with E-state index in [0.717, 1.165) is 28.6 Å². The molecule has 1 atom stereocenters. The molecule has 1 aromatic heterocycles. The van der Waals surface area contributed by atoms with E-state index in [2.05, 4.69) is 45.5 Å². The number of fused-ring (bicyclic) bond motifs is 1. The summed E-state index contributed by atoms with van der Waals surface area (Å²) < 4.78 is 6.03. The number of likely N-dealkylation sites (tertiary alicyclic amines) is 1. The van der Waals surface area contributed by atoms with Crippen LogP contribution in [0.25, 0.3) is 10.9 Å². The van der Waals surface area contributed by atoms with Gasteiger partial charge in [0.1, 0.15) is 5.56 Å². The molecule has 1 N–H and O–H groups in total. The van der Waals surface area contributed by atoms with Crippen molar-refractivity contribution in [3.8, 4) is 0 Å². The van der Waals surface area contributed by atoms with Gasteiger partial charge in [-0.25, -0.2) is 4.79 Å². The molecule has 25 heavy (non-hydrogen) atoms. The van der Waals surface area contributed by atoms with Crippen molar-refractivity contribution in [2.75, 3.05) is 26.2 Å². The third-order valence-electron chi connectivity index (χ3n) is 4.87. The summed E-state index contributed by atoms with van der Waals surface area (Å²) in [4.78, 5) is 30.1. The predicted octanol–water partition coefficient (Wildman–Crippen LogP) is 3.19. The molecule has 134 valence electrons. The third-order valence-corrected chi connectivity index (χ3v) is 5.87. The second-order valence-corrected chi connectivity index (χ2v) is 7.66. The molecule has 1 unspecified atom stereocenters. The first-order chi connectivity index (χ1) is 12.0. The number of hydrogen-bond donors (Lipinski definition) is 1. The van der Waals surface area contributed by atoms with E-state index in [1.807, 2.05) is 6.07 Å². The van der Waals surface area contributed by atoms with Gasteiger partial charge < -0.3 is 14.6 Å². The fraction of sp³-hybridized carbons (Fsp3) is 0.474. The molecule has 0 radical (unpaired) electrons. The Morgan fingerprint density at radius 2 is 2.20 bits per heavy atom. The molecule has 1 saturated heterocycles. The van der Waals surface area contributed by atoms with Crippen molar-refractivity contribution in [3.63, 3.8) is 0 Å². The number of halogens is 1. The van der Waals surface area contributed by atoms with Crippen LogP contribution in [-0.4, -0.2) is 42.1 Å². The van der Waals surface area contributed by atoms with E-state index in [-0.39, 0.29) is 17.6 Å². The third kappa shape index (κ3) is 3.89. The van der Waals surface area contributed by atoms with Gasteiger partial charge in [-0.2, -0.15) is 0 Å². The highest BCUT2D eigenvalue weighted by Crippen LogP contribution is 2.25. The summed E-state index contributed by atoms with van der Waals surface area (Å²) >= 11 is 2.29. The summed E-state index contributed by atoms with van der Waals surface area (Å²) in [5, 5.41) is 0.542.